The Labute approximate surface area is 105 Å². The van der Waals surface area contributed by atoms with Crippen molar-refractivity contribution in [3.05, 3.63) is 29.3 Å². The van der Waals surface area contributed by atoms with Crippen LogP contribution in [-0.2, 0) is 6.42 Å². The second-order valence-corrected chi connectivity index (χ2v) is 3.96. The van der Waals surface area contributed by atoms with Crippen molar-refractivity contribution in [2.24, 2.45) is 5.92 Å². The second kappa shape index (κ2) is 8.64. The molecule has 0 amide bonds. The van der Waals surface area contributed by atoms with Crippen LogP contribution in [0.1, 0.15) is 38.8 Å². The Morgan fingerprint density at radius 1 is 1.35 bits per heavy atom. The van der Waals surface area contributed by atoms with Crippen LogP contribution in [0.25, 0.3) is 0 Å². The molecule has 2 heteroatoms. The Morgan fingerprint density at radius 3 is 2.53 bits per heavy atom. The van der Waals surface area contributed by atoms with Crippen molar-refractivity contribution >= 4 is 0 Å². The second-order valence-electron chi connectivity index (χ2n) is 3.96. The molecule has 0 saturated heterocycles. The van der Waals surface area contributed by atoms with Gasteiger partial charge in [-0.2, -0.15) is 5.26 Å². The number of fused-ring (bicyclic) bond motifs is 1. The topological polar surface area (TPSA) is 33.0 Å². The van der Waals surface area contributed by atoms with E-state index in [1.54, 1.807) is 6.07 Å². The third-order valence-electron chi connectivity index (χ3n) is 2.31. The largest absolute Gasteiger partial charge is 0.493 e. The lowest BCUT2D eigenvalue weighted by Gasteiger charge is -2.22. The molecule has 1 unspecified atom stereocenters. The predicted molar refractivity (Wildman–Crippen MR) is 72.2 cm³/mol. The third kappa shape index (κ3) is 5.40. The first kappa shape index (κ1) is 15.5. The average Bonchev–Trinajstić information content (AvgIpc) is 2.32. The number of hydrogen-bond acceptors (Lipinski definition) is 2. The van der Waals surface area contributed by atoms with E-state index in [9.17, 15) is 0 Å². The molecule has 0 saturated carbocycles. The monoisotopic (exact) mass is 233 g/mol. The molecule has 0 radical (unpaired) electrons. The van der Waals surface area contributed by atoms with Gasteiger partial charge >= 0.3 is 0 Å². The first-order chi connectivity index (χ1) is 8.17. The Kier molecular flexibility index (Phi) is 7.88. The van der Waals surface area contributed by atoms with Gasteiger partial charge in [-0.05, 0) is 30.9 Å². The summed E-state index contributed by atoms with van der Waals surface area (Å²) in [6.07, 6.45) is 1.16. The predicted octanol–water partition coefficient (Wildman–Crippen LogP) is 4.12. The summed E-state index contributed by atoms with van der Waals surface area (Å²) in [5.74, 6) is 1.75. The summed E-state index contributed by atoms with van der Waals surface area (Å²) in [6, 6.07) is 8.16. The quantitative estimate of drug-likeness (QED) is 0.675. The molecule has 94 valence electrons. The molecular formula is C15H23NO. The molecule has 0 N–H and O–H groups in total. The molecule has 0 bridgehead atoms. The van der Waals surface area contributed by atoms with Gasteiger partial charge in [-0.15, -0.1) is 0 Å². The van der Waals surface area contributed by atoms with Crippen LogP contribution in [0.2, 0.25) is 0 Å². The molecule has 2 nitrogen and oxygen atoms in total. The Morgan fingerprint density at radius 2 is 1.94 bits per heavy atom. The van der Waals surface area contributed by atoms with Crippen molar-refractivity contribution in [3.63, 3.8) is 0 Å². The minimum atomic E-state index is 0.666. The Bertz CT molecular complexity index is 366. The van der Waals surface area contributed by atoms with E-state index >= 15 is 0 Å². The highest BCUT2D eigenvalue weighted by Gasteiger charge is 2.15. The SMILES string of the molecule is CC.CC#N.Cc1ccc2c(c1)CC(C)CO2. The van der Waals surface area contributed by atoms with Gasteiger partial charge in [-0.25, -0.2) is 0 Å². The van der Waals surface area contributed by atoms with Gasteiger partial charge in [0.2, 0.25) is 0 Å². The standard InChI is InChI=1S/C11H14O.C2H3N.C2H6/c1-8-3-4-11-10(5-8)6-9(2)7-12-11;1-2-3;1-2/h3-5,9H,6-7H2,1-2H3;1H3;1-2H3. The van der Waals surface area contributed by atoms with Crippen molar-refractivity contribution in [3.8, 4) is 11.8 Å². The molecule has 1 aromatic rings. The molecule has 17 heavy (non-hydrogen) atoms. The summed E-state index contributed by atoms with van der Waals surface area (Å²) in [6.45, 7) is 10.7. The minimum absolute atomic E-state index is 0.666. The summed E-state index contributed by atoms with van der Waals surface area (Å²) >= 11 is 0. The molecule has 1 heterocycles. The molecule has 0 fully saturated rings. The van der Waals surface area contributed by atoms with Gasteiger partial charge in [0.15, 0.2) is 0 Å². The van der Waals surface area contributed by atoms with E-state index in [1.807, 2.05) is 13.8 Å². The smallest absolute Gasteiger partial charge is 0.122 e. The Balaban J connectivity index is 0.000000450. The number of nitrogens with zero attached hydrogens (tertiary/aromatic N) is 1. The van der Waals surface area contributed by atoms with Gasteiger partial charge in [0.25, 0.3) is 0 Å². The maximum Gasteiger partial charge on any atom is 0.122 e. The van der Waals surface area contributed by atoms with E-state index < -0.39 is 0 Å². The zero-order chi connectivity index (χ0) is 13.3. The lowest BCUT2D eigenvalue weighted by atomic mass is 9.97. The number of hydrogen-bond donors (Lipinski definition) is 0. The summed E-state index contributed by atoms with van der Waals surface area (Å²) in [5.41, 5.74) is 2.69. The first-order valence-corrected chi connectivity index (χ1v) is 6.20. The molecule has 0 spiro atoms. The highest BCUT2D eigenvalue weighted by Crippen LogP contribution is 2.27. The first-order valence-electron chi connectivity index (χ1n) is 6.20. The van der Waals surface area contributed by atoms with Crippen LogP contribution in [0.5, 0.6) is 5.75 Å². The fraction of sp³-hybridized carbons (Fsp3) is 0.533. The van der Waals surface area contributed by atoms with E-state index in [2.05, 4.69) is 32.0 Å². The van der Waals surface area contributed by atoms with E-state index in [0.717, 1.165) is 18.8 Å². The fourth-order valence-electron chi connectivity index (χ4n) is 1.67. The highest BCUT2D eigenvalue weighted by molar-refractivity contribution is 5.38. The van der Waals surface area contributed by atoms with Crippen LogP contribution in [0.4, 0.5) is 0 Å². The summed E-state index contributed by atoms with van der Waals surface area (Å²) in [7, 11) is 0. The molecule has 2 rings (SSSR count). The highest BCUT2D eigenvalue weighted by atomic mass is 16.5. The van der Waals surface area contributed by atoms with Gasteiger partial charge in [0.1, 0.15) is 5.75 Å². The summed E-state index contributed by atoms with van der Waals surface area (Å²) in [5, 5.41) is 7.32. The van der Waals surface area contributed by atoms with Crippen LogP contribution in [-0.4, -0.2) is 6.61 Å². The van der Waals surface area contributed by atoms with Gasteiger partial charge in [-0.3, -0.25) is 0 Å². The zero-order valence-electron chi connectivity index (χ0n) is 11.6. The maximum absolute atomic E-state index is 7.32. The van der Waals surface area contributed by atoms with Crippen molar-refractivity contribution in [1.82, 2.24) is 0 Å². The van der Waals surface area contributed by atoms with Gasteiger partial charge < -0.3 is 4.74 Å². The molecular weight excluding hydrogens is 210 g/mol. The number of aryl methyl sites for hydroxylation is 1. The molecule has 1 aliphatic heterocycles. The van der Waals surface area contributed by atoms with E-state index in [-0.39, 0.29) is 0 Å². The minimum Gasteiger partial charge on any atom is -0.493 e. The van der Waals surface area contributed by atoms with E-state index in [0.29, 0.717) is 5.92 Å². The van der Waals surface area contributed by atoms with Crippen molar-refractivity contribution in [2.75, 3.05) is 6.61 Å². The summed E-state index contributed by atoms with van der Waals surface area (Å²) < 4.78 is 5.59. The lowest BCUT2D eigenvalue weighted by Crippen LogP contribution is -2.17. The molecule has 1 aromatic carbocycles. The molecule has 1 aliphatic rings. The zero-order valence-corrected chi connectivity index (χ0v) is 11.6. The maximum atomic E-state index is 7.32. The number of ether oxygens (including phenoxy) is 1. The lowest BCUT2D eigenvalue weighted by molar-refractivity contribution is 0.234. The van der Waals surface area contributed by atoms with Crippen LogP contribution < -0.4 is 4.74 Å². The Hall–Kier alpha value is -1.49. The van der Waals surface area contributed by atoms with Crippen LogP contribution in [0, 0.1) is 24.2 Å². The molecule has 0 aliphatic carbocycles. The van der Waals surface area contributed by atoms with Crippen molar-refractivity contribution < 1.29 is 4.74 Å². The average molecular weight is 233 g/mol. The van der Waals surface area contributed by atoms with Crippen LogP contribution in [0.3, 0.4) is 0 Å². The molecule has 0 aromatic heterocycles. The van der Waals surface area contributed by atoms with E-state index in [4.69, 9.17) is 10.00 Å². The van der Waals surface area contributed by atoms with Crippen molar-refractivity contribution in [2.45, 2.75) is 41.0 Å². The van der Waals surface area contributed by atoms with Gasteiger partial charge in [0, 0.05) is 6.92 Å². The fourth-order valence-corrected chi connectivity index (χ4v) is 1.67. The van der Waals surface area contributed by atoms with Crippen LogP contribution in [0.15, 0.2) is 18.2 Å². The molecule has 1 atom stereocenters. The van der Waals surface area contributed by atoms with Gasteiger partial charge in [-0.1, -0.05) is 38.5 Å². The van der Waals surface area contributed by atoms with Crippen LogP contribution >= 0.6 is 0 Å². The van der Waals surface area contributed by atoms with E-state index in [1.165, 1.54) is 18.1 Å². The normalized spacial score (nSPS) is 15.9. The number of benzene rings is 1. The summed E-state index contributed by atoms with van der Waals surface area (Å²) in [4.78, 5) is 0. The van der Waals surface area contributed by atoms with Crippen molar-refractivity contribution in [1.29, 1.82) is 5.26 Å². The number of nitriles is 1. The van der Waals surface area contributed by atoms with Gasteiger partial charge in [0.05, 0.1) is 12.7 Å². The third-order valence-corrected chi connectivity index (χ3v) is 2.31. The number of rotatable bonds is 0.